The minimum Gasteiger partial charge on any atom is -0.741 e. The maximum Gasteiger partial charge on any atom is 0.485 e. The third kappa shape index (κ3) is 5.97. The summed E-state index contributed by atoms with van der Waals surface area (Å²) >= 11 is 0. The molecule has 2 aromatic heterocycles. The maximum atomic E-state index is 10.7. The van der Waals surface area contributed by atoms with Crippen LogP contribution in [0.15, 0.2) is 127 Å². The third-order valence-corrected chi connectivity index (χ3v) is 7.27. The summed E-state index contributed by atoms with van der Waals surface area (Å²) in [6, 6.07) is 45.1. The molecule has 0 saturated heterocycles. The van der Waals surface area contributed by atoms with Crippen molar-refractivity contribution in [1.29, 1.82) is 0 Å². The number of pyridine rings is 2. The minimum atomic E-state index is -6.09. The first kappa shape index (κ1) is 28.8. The van der Waals surface area contributed by atoms with E-state index in [-0.39, 0.29) is 0 Å². The van der Waals surface area contributed by atoms with Crippen molar-refractivity contribution >= 4 is 26.4 Å². The summed E-state index contributed by atoms with van der Waals surface area (Å²) in [6.45, 7) is 0. The highest BCUT2D eigenvalue weighted by atomic mass is 32.2. The van der Waals surface area contributed by atoms with Crippen molar-refractivity contribution in [3.63, 3.8) is 0 Å². The maximum absolute atomic E-state index is 10.7. The first-order valence-corrected chi connectivity index (χ1v) is 14.2. The molecule has 42 heavy (non-hydrogen) atoms. The SMILES string of the molecule is COc1ccc(-c2cccc3c4cc(-c5ccccc5)ccc4cc(-c4ccccc4)[n+]23)cc1.O=S(=O)([O-])C(F)(F)F. The zero-order valence-electron chi connectivity index (χ0n) is 22.2. The number of rotatable bonds is 4. The van der Waals surface area contributed by atoms with Gasteiger partial charge in [0.2, 0.25) is 16.9 Å². The van der Waals surface area contributed by atoms with Crippen LogP contribution in [0.2, 0.25) is 0 Å². The summed E-state index contributed by atoms with van der Waals surface area (Å²) in [7, 11) is -4.39. The predicted molar refractivity (Wildman–Crippen MR) is 156 cm³/mol. The normalized spacial score (nSPS) is 11.6. The summed E-state index contributed by atoms with van der Waals surface area (Å²) in [6.07, 6.45) is 0. The fourth-order valence-corrected chi connectivity index (χ4v) is 4.71. The minimum absolute atomic E-state index is 0.857. The topological polar surface area (TPSA) is 70.5 Å². The molecule has 0 atom stereocenters. The molecule has 6 rings (SSSR count). The van der Waals surface area contributed by atoms with Gasteiger partial charge in [-0.25, -0.2) is 8.42 Å². The van der Waals surface area contributed by atoms with E-state index in [2.05, 4.69) is 120 Å². The Balaban J connectivity index is 0.000000390. The Bertz CT molecular complexity index is 1960. The number of fused-ring (bicyclic) bond motifs is 3. The van der Waals surface area contributed by atoms with Crippen LogP contribution >= 0.6 is 0 Å². The number of benzene rings is 4. The Morgan fingerprint density at radius 2 is 1.19 bits per heavy atom. The molecule has 0 radical (unpaired) electrons. The lowest BCUT2D eigenvalue weighted by molar-refractivity contribution is -0.485. The van der Waals surface area contributed by atoms with Gasteiger partial charge in [-0.2, -0.15) is 17.6 Å². The molecule has 0 fully saturated rings. The second-order valence-corrected chi connectivity index (χ2v) is 10.7. The first-order chi connectivity index (χ1) is 20.1. The fourth-order valence-electron chi connectivity index (χ4n) is 4.71. The third-order valence-electron chi connectivity index (χ3n) is 6.70. The second-order valence-electron chi connectivity index (χ2n) is 9.32. The lowest BCUT2D eigenvalue weighted by atomic mass is 9.98. The van der Waals surface area contributed by atoms with Crippen molar-refractivity contribution in [1.82, 2.24) is 0 Å². The standard InChI is InChI=1S/C32H24NO.CHF3O3S/c1-34-28-19-17-25(18-20-28)30-13-8-14-31-29-21-26(23-9-4-2-5-10-23)15-16-27(29)22-32(33(30)31)24-11-6-3-7-12-24;2-1(3,4)8(5,6)7/h2-22H,1H3;(H,5,6,7)/q+1;/p-1. The monoisotopic (exact) mass is 587 g/mol. The Morgan fingerprint density at radius 3 is 1.76 bits per heavy atom. The van der Waals surface area contributed by atoms with E-state index in [9.17, 15) is 13.2 Å². The van der Waals surface area contributed by atoms with Gasteiger partial charge in [0.25, 0.3) is 0 Å². The smallest absolute Gasteiger partial charge is 0.485 e. The Kier molecular flexibility index (Phi) is 7.98. The van der Waals surface area contributed by atoms with Crippen molar-refractivity contribution in [3.05, 3.63) is 127 Å². The highest BCUT2D eigenvalue weighted by Gasteiger charge is 2.37. The van der Waals surface area contributed by atoms with Crippen LogP contribution in [0.25, 0.3) is 49.9 Å². The van der Waals surface area contributed by atoms with Crippen molar-refractivity contribution in [2.75, 3.05) is 7.11 Å². The molecule has 0 aliphatic rings. The van der Waals surface area contributed by atoms with Crippen LogP contribution < -0.4 is 9.14 Å². The molecule has 0 amide bonds. The number of hydrogen-bond acceptors (Lipinski definition) is 4. The van der Waals surface area contributed by atoms with Gasteiger partial charge >= 0.3 is 5.51 Å². The molecule has 5 nitrogen and oxygen atoms in total. The predicted octanol–water partition coefficient (Wildman–Crippen LogP) is 7.64. The van der Waals surface area contributed by atoms with Gasteiger partial charge in [0.05, 0.1) is 12.5 Å². The molecule has 0 N–H and O–H groups in total. The molecule has 4 aromatic carbocycles. The number of ether oxygens (including phenoxy) is 1. The van der Waals surface area contributed by atoms with E-state index in [0.29, 0.717) is 0 Å². The van der Waals surface area contributed by atoms with Gasteiger partial charge < -0.3 is 9.29 Å². The van der Waals surface area contributed by atoms with Crippen molar-refractivity contribution in [2.45, 2.75) is 5.51 Å². The highest BCUT2D eigenvalue weighted by molar-refractivity contribution is 7.86. The molecule has 6 aromatic rings. The molecular weight excluding hydrogens is 563 g/mol. The number of methoxy groups -OCH3 is 1. The highest BCUT2D eigenvalue weighted by Crippen LogP contribution is 2.31. The van der Waals surface area contributed by atoms with Gasteiger partial charge in [0.15, 0.2) is 10.1 Å². The summed E-state index contributed by atoms with van der Waals surface area (Å²) in [5.74, 6) is 0.857. The molecular formula is C33H24F3NO4S. The summed E-state index contributed by atoms with van der Waals surface area (Å²) < 4.78 is 66.7. The first-order valence-electron chi connectivity index (χ1n) is 12.8. The van der Waals surface area contributed by atoms with E-state index in [1.54, 1.807) is 7.11 Å². The van der Waals surface area contributed by atoms with E-state index in [1.165, 1.54) is 38.7 Å². The molecule has 0 aliphatic heterocycles. The quantitative estimate of drug-likeness (QED) is 0.0920. The van der Waals surface area contributed by atoms with E-state index >= 15 is 0 Å². The van der Waals surface area contributed by atoms with Gasteiger partial charge in [-0.3, -0.25) is 0 Å². The Morgan fingerprint density at radius 1 is 0.643 bits per heavy atom. The fraction of sp³-hybridized carbons (Fsp3) is 0.0606. The van der Waals surface area contributed by atoms with Crippen molar-refractivity contribution in [3.8, 4) is 39.4 Å². The van der Waals surface area contributed by atoms with Crippen LogP contribution in [0.3, 0.4) is 0 Å². The largest absolute Gasteiger partial charge is 0.741 e. The number of hydrogen-bond donors (Lipinski definition) is 0. The molecule has 9 heteroatoms. The van der Waals surface area contributed by atoms with Crippen LogP contribution in [0.5, 0.6) is 5.75 Å². The molecule has 0 unspecified atom stereocenters. The molecule has 212 valence electrons. The van der Waals surface area contributed by atoms with Gasteiger partial charge in [-0.1, -0.05) is 60.7 Å². The zero-order valence-corrected chi connectivity index (χ0v) is 23.1. The number of nitrogens with zero attached hydrogens (tertiary/aromatic N) is 1. The Labute approximate surface area is 240 Å². The lowest BCUT2D eigenvalue weighted by Crippen LogP contribution is -2.28. The number of aromatic nitrogens is 1. The summed E-state index contributed by atoms with van der Waals surface area (Å²) in [4.78, 5) is 0. The summed E-state index contributed by atoms with van der Waals surface area (Å²) in [5, 5.41) is 2.46. The van der Waals surface area contributed by atoms with E-state index in [1.807, 2.05) is 12.1 Å². The van der Waals surface area contributed by atoms with Gasteiger partial charge in [0, 0.05) is 29.3 Å². The van der Waals surface area contributed by atoms with Crippen LogP contribution in [0, 0.1) is 0 Å². The number of alkyl halides is 3. The van der Waals surface area contributed by atoms with Crippen LogP contribution in [-0.4, -0.2) is 25.6 Å². The van der Waals surface area contributed by atoms with E-state index in [0.717, 1.165) is 17.0 Å². The van der Waals surface area contributed by atoms with Crippen LogP contribution in [0.1, 0.15) is 0 Å². The van der Waals surface area contributed by atoms with Gasteiger partial charge in [-0.15, -0.1) is 0 Å². The zero-order chi connectivity index (χ0) is 29.9. The number of halogens is 3. The summed E-state index contributed by atoms with van der Waals surface area (Å²) in [5.41, 5.74) is 2.63. The molecule has 0 saturated carbocycles. The van der Waals surface area contributed by atoms with Crippen LogP contribution in [0.4, 0.5) is 13.2 Å². The molecule has 0 spiro atoms. The second kappa shape index (κ2) is 11.6. The Hall–Kier alpha value is -4.73. The molecule has 0 bridgehead atoms. The van der Waals surface area contributed by atoms with Crippen LogP contribution in [-0.2, 0) is 10.1 Å². The van der Waals surface area contributed by atoms with Gasteiger partial charge in [0.1, 0.15) is 5.75 Å². The average Bonchev–Trinajstić information content (AvgIpc) is 3.00. The van der Waals surface area contributed by atoms with Gasteiger partial charge in [-0.05, 0) is 65.0 Å². The van der Waals surface area contributed by atoms with Crippen molar-refractivity contribution in [2.24, 2.45) is 0 Å². The molecule has 2 heterocycles. The average molecular weight is 588 g/mol. The molecule has 0 aliphatic carbocycles. The van der Waals surface area contributed by atoms with E-state index in [4.69, 9.17) is 17.7 Å². The van der Waals surface area contributed by atoms with E-state index < -0.39 is 15.6 Å². The van der Waals surface area contributed by atoms with Crippen molar-refractivity contribution < 1.29 is 35.3 Å². The lowest BCUT2D eigenvalue weighted by Gasteiger charge is -2.10.